The Morgan fingerprint density at radius 1 is 1.12 bits per heavy atom. The van der Waals surface area contributed by atoms with Gasteiger partial charge in [-0.15, -0.1) is 24.0 Å². The van der Waals surface area contributed by atoms with Gasteiger partial charge in [0.05, 0.1) is 12.2 Å². The number of rotatable bonds is 8. The lowest BCUT2D eigenvalue weighted by molar-refractivity contribution is 0.220. The van der Waals surface area contributed by atoms with Crippen molar-refractivity contribution in [2.24, 2.45) is 12.0 Å². The fraction of sp³-hybridized carbons (Fsp3) is 0.600. The summed E-state index contributed by atoms with van der Waals surface area (Å²) in [5.74, 6) is 0.877. The van der Waals surface area contributed by atoms with E-state index in [9.17, 15) is 0 Å². The number of benzene rings is 1. The van der Waals surface area contributed by atoms with Gasteiger partial charge in [-0.05, 0) is 76.7 Å². The summed E-state index contributed by atoms with van der Waals surface area (Å²) in [4.78, 5) is 7.50. The molecule has 0 spiro atoms. The fourth-order valence-electron chi connectivity index (χ4n) is 4.41. The number of aliphatic imine (C=N–C) groups is 1. The van der Waals surface area contributed by atoms with Gasteiger partial charge in [0.1, 0.15) is 0 Å². The molecule has 178 valence electrons. The number of likely N-dealkylation sites (tertiary alicyclic amines) is 1. The second-order valence-electron chi connectivity index (χ2n) is 8.82. The van der Waals surface area contributed by atoms with Gasteiger partial charge in [0.2, 0.25) is 0 Å². The largest absolute Gasteiger partial charge is 0.357 e. The van der Waals surface area contributed by atoms with Crippen LogP contribution in [0.1, 0.15) is 61.2 Å². The maximum atomic E-state index is 4.92. The van der Waals surface area contributed by atoms with Crippen LogP contribution in [0.25, 0.3) is 0 Å². The maximum Gasteiger partial charge on any atom is 0.191 e. The van der Waals surface area contributed by atoms with Crippen LogP contribution in [-0.2, 0) is 26.6 Å². The van der Waals surface area contributed by atoms with Crippen molar-refractivity contribution in [3.63, 3.8) is 0 Å². The molecule has 1 aromatic heterocycles. The van der Waals surface area contributed by atoms with Gasteiger partial charge < -0.3 is 10.6 Å². The van der Waals surface area contributed by atoms with Crippen molar-refractivity contribution in [1.29, 1.82) is 0 Å². The Labute approximate surface area is 211 Å². The van der Waals surface area contributed by atoms with Crippen molar-refractivity contribution in [3.05, 3.63) is 52.3 Å². The summed E-state index contributed by atoms with van der Waals surface area (Å²) in [6, 6.07) is 9.02. The molecule has 1 aromatic carbocycles. The lowest BCUT2D eigenvalue weighted by atomic mass is 10.0. The predicted octanol–water partition coefficient (Wildman–Crippen LogP) is 4.33. The molecule has 1 unspecified atom stereocenters. The van der Waals surface area contributed by atoms with Crippen LogP contribution in [0.2, 0.25) is 0 Å². The minimum atomic E-state index is 0. The molecule has 32 heavy (non-hydrogen) atoms. The Hall–Kier alpha value is -1.61. The van der Waals surface area contributed by atoms with Crippen molar-refractivity contribution in [3.8, 4) is 0 Å². The van der Waals surface area contributed by atoms with Gasteiger partial charge in [-0.25, -0.2) is 4.99 Å². The Balaban J connectivity index is 0.00000363. The molecule has 2 aromatic rings. The third-order valence-electron chi connectivity index (χ3n) is 6.27. The van der Waals surface area contributed by atoms with E-state index in [-0.39, 0.29) is 30.0 Å². The predicted molar refractivity (Wildman–Crippen MR) is 145 cm³/mol. The monoisotopic (exact) mass is 552 g/mol. The summed E-state index contributed by atoms with van der Waals surface area (Å²) in [6.45, 7) is 13.6. The highest BCUT2D eigenvalue weighted by Gasteiger charge is 2.15. The van der Waals surface area contributed by atoms with Gasteiger partial charge in [-0.2, -0.15) is 5.10 Å². The lowest BCUT2D eigenvalue weighted by Crippen LogP contribution is -2.43. The van der Waals surface area contributed by atoms with E-state index >= 15 is 0 Å². The molecule has 1 aliphatic heterocycles. The highest BCUT2D eigenvalue weighted by atomic mass is 127. The first kappa shape index (κ1) is 26.6. The Morgan fingerprint density at radius 2 is 1.81 bits per heavy atom. The molecule has 7 heteroatoms. The number of piperidine rings is 1. The SMILES string of the molecule is CCNC(=NCc1ccccc1CN1CCCCC1)NC(C)Cc1c(C)nn(C)c1C.I. The molecular formula is C25H41IN6. The van der Waals surface area contributed by atoms with Crippen LogP contribution in [0.4, 0.5) is 0 Å². The second-order valence-corrected chi connectivity index (χ2v) is 8.82. The van der Waals surface area contributed by atoms with Crippen LogP contribution in [-0.4, -0.2) is 46.3 Å². The van der Waals surface area contributed by atoms with E-state index in [1.807, 2.05) is 11.7 Å². The Morgan fingerprint density at radius 3 is 2.44 bits per heavy atom. The second kappa shape index (κ2) is 13.2. The van der Waals surface area contributed by atoms with E-state index in [2.05, 4.69) is 72.6 Å². The zero-order valence-electron chi connectivity index (χ0n) is 20.4. The number of nitrogens with zero attached hydrogens (tertiary/aromatic N) is 4. The minimum absolute atomic E-state index is 0. The van der Waals surface area contributed by atoms with Crippen LogP contribution in [0.5, 0.6) is 0 Å². The van der Waals surface area contributed by atoms with E-state index in [0.717, 1.165) is 31.2 Å². The van der Waals surface area contributed by atoms with Gasteiger partial charge in [-0.1, -0.05) is 30.7 Å². The van der Waals surface area contributed by atoms with Crippen LogP contribution in [0.15, 0.2) is 29.3 Å². The van der Waals surface area contributed by atoms with E-state index in [1.54, 1.807) is 0 Å². The number of nitrogens with one attached hydrogen (secondary N) is 2. The molecule has 1 aliphatic rings. The number of hydrogen-bond acceptors (Lipinski definition) is 3. The van der Waals surface area contributed by atoms with Gasteiger partial charge in [-0.3, -0.25) is 9.58 Å². The first-order valence-corrected chi connectivity index (χ1v) is 11.8. The third kappa shape index (κ3) is 7.47. The average Bonchev–Trinajstić information content (AvgIpc) is 3.00. The standard InChI is InChI=1S/C25H40N6.HI/c1-6-26-25(28-19(2)16-24-20(3)29-30(5)21(24)4)27-17-22-12-8-9-13-23(22)18-31-14-10-7-11-15-31;/h8-9,12-13,19H,6-7,10-11,14-18H2,1-5H3,(H2,26,27,28);1H. The van der Waals surface area contributed by atoms with Gasteiger partial charge >= 0.3 is 0 Å². The van der Waals surface area contributed by atoms with E-state index in [0.29, 0.717) is 6.54 Å². The molecule has 2 N–H and O–H groups in total. The van der Waals surface area contributed by atoms with E-state index in [1.165, 1.54) is 54.7 Å². The quantitative estimate of drug-likeness (QED) is 0.291. The number of hydrogen-bond donors (Lipinski definition) is 2. The van der Waals surface area contributed by atoms with Crippen LogP contribution in [0, 0.1) is 13.8 Å². The first-order chi connectivity index (χ1) is 15.0. The van der Waals surface area contributed by atoms with Crippen LogP contribution >= 0.6 is 24.0 Å². The topological polar surface area (TPSA) is 57.5 Å². The summed E-state index contributed by atoms with van der Waals surface area (Å²) >= 11 is 0. The van der Waals surface area contributed by atoms with Crippen LogP contribution < -0.4 is 10.6 Å². The Bertz CT molecular complexity index is 869. The van der Waals surface area contributed by atoms with E-state index < -0.39 is 0 Å². The lowest BCUT2D eigenvalue weighted by Gasteiger charge is -2.27. The number of aryl methyl sites for hydroxylation is 2. The smallest absolute Gasteiger partial charge is 0.191 e. The summed E-state index contributed by atoms with van der Waals surface area (Å²) in [5.41, 5.74) is 6.39. The number of halogens is 1. The van der Waals surface area contributed by atoms with Crippen molar-refractivity contribution in [2.75, 3.05) is 19.6 Å². The van der Waals surface area contributed by atoms with Crippen molar-refractivity contribution in [1.82, 2.24) is 25.3 Å². The number of guanidine groups is 1. The molecule has 0 radical (unpaired) electrons. The minimum Gasteiger partial charge on any atom is -0.357 e. The summed E-state index contributed by atoms with van der Waals surface area (Å²) in [5, 5.41) is 11.6. The fourth-order valence-corrected chi connectivity index (χ4v) is 4.41. The molecular weight excluding hydrogens is 511 g/mol. The van der Waals surface area contributed by atoms with Crippen LogP contribution in [0.3, 0.4) is 0 Å². The molecule has 0 bridgehead atoms. The average molecular weight is 553 g/mol. The van der Waals surface area contributed by atoms with E-state index in [4.69, 9.17) is 4.99 Å². The summed E-state index contributed by atoms with van der Waals surface area (Å²) in [7, 11) is 2.01. The van der Waals surface area contributed by atoms with Gasteiger partial charge in [0.25, 0.3) is 0 Å². The van der Waals surface area contributed by atoms with Crippen molar-refractivity contribution in [2.45, 2.75) is 72.5 Å². The maximum absolute atomic E-state index is 4.92. The third-order valence-corrected chi connectivity index (χ3v) is 6.27. The highest BCUT2D eigenvalue weighted by molar-refractivity contribution is 14.0. The summed E-state index contributed by atoms with van der Waals surface area (Å²) in [6.07, 6.45) is 4.95. The normalized spacial score (nSPS) is 15.8. The first-order valence-electron chi connectivity index (χ1n) is 11.8. The molecule has 0 amide bonds. The summed E-state index contributed by atoms with van der Waals surface area (Å²) < 4.78 is 1.97. The Kier molecular flexibility index (Phi) is 11.0. The molecule has 1 atom stereocenters. The molecule has 0 aliphatic carbocycles. The van der Waals surface area contributed by atoms with Crippen molar-refractivity contribution < 1.29 is 0 Å². The molecule has 1 fully saturated rings. The molecule has 6 nitrogen and oxygen atoms in total. The van der Waals surface area contributed by atoms with Gasteiger partial charge in [0, 0.05) is 31.9 Å². The highest BCUT2D eigenvalue weighted by Crippen LogP contribution is 2.17. The molecule has 2 heterocycles. The van der Waals surface area contributed by atoms with Crippen molar-refractivity contribution >= 4 is 29.9 Å². The molecule has 3 rings (SSSR count). The molecule has 0 saturated carbocycles. The van der Waals surface area contributed by atoms with Gasteiger partial charge in [0.15, 0.2) is 5.96 Å². The zero-order valence-corrected chi connectivity index (χ0v) is 22.8. The molecule has 1 saturated heterocycles. The zero-order chi connectivity index (χ0) is 22.2. The number of aromatic nitrogens is 2.